The lowest BCUT2D eigenvalue weighted by Crippen LogP contribution is -2.49. The Hall–Kier alpha value is -1.40. The van der Waals surface area contributed by atoms with Crippen LogP contribution < -0.4 is 5.73 Å². The molecule has 0 aliphatic rings. The fraction of sp³-hybridized carbons (Fsp3) is 0.429. The van der Waals surface area contributed by atoms with Gasteiger partial charge in [-0.25, -0.2) is 4.79 Å². The van der Waals surface area contributed by atoms with E-state index in [2.05, 4.69) is 15.9 Å². The van der Waals surface area contributed by atoms with E-state index in [4.69, 9.17) is 15.6 Å². The van der Waals surface area contributed by atoms with E-state index in [0.29, 0.717) is 5.56 Å². The Kier molecular flexibility index (Phi) is 4.94. The van der Waals surface area contributed by atoms with Crippen LogP contribution in [0.15, 0.2) is 28.7 Å². The molecule has 0 saturated heterocycles. The minimum absolute atomic E-state index is 0.400. The van der Waals surface area contributed by atoms with E-state index < -0.39 is 29.5 Å². The number of aliphatic carboxylic acids is 1. The summed E-state index contributed by atoms with van der Waals surface area (Å²) in [6, 6.07) is 6.61. The van der Waals surface area contributed by atoms with Crippen molar-refractivity contribution in [2.45, 2.75) is 38.3 Å². The first kappa shape index (κ1) is 16.7. The van der Waals surface area contributed by atoms with Crippen molar-refractivity contribution in [3.05, 3.63) is 34.3 Å². The van der Waals surface area contributed by atoms with Crippen LogP contribution in [0.4, 0.5) is 0 Å². The maximum atomic E-state index is 12.3. The molecule has 0 fully saturated rings. The van der Waals surface area contributed by atoms with Crippen molar-refractivity contribution >= 4 is 27.9 Å². The highest BCUT2D eigenvalue weighted by Gasteiger charge is 2.41. The Balaban J connectivity index is 3.18. The molecule has 20 heavy (non-hydrogen) atoms. The molecule has 0 spiro atoms. The summed E-state index contributed by atoms with van der Waals surface area (Å²) < 4.78 is 6.06. The first-order valence-electron chi connectivity index (χ1n) is 6.05. The largest absolute Gasteiger partial charge is 0.481 e. The summed E-state index contributed by atoms with van der Waals surface area (Å²) in [6.07, 6.45) is -0.538. The lowest BCUT2D eigenvalue weighted by Gasteiger charge is -2.30. The third-order valence-corrected chi connectivity index (χ3v) is 3.08. The summed E-state index contributed by atoms with van der Waals surface area (Å²) in [6.45, 7) is 5.11. The third-order valence-electron chi connectivity index (χ3n) is 2.55. The van der Waals surface area contributed by atoms with E-state index in [9.17, 15) is 9.59 Å². The Morgan fingerprint density at radius 2 is 1.75 bits per heavy atom. The molecule has 0 radical (unpaired) electrons. The molecule has 0 saturated carbocycles. The molecule has 1 aromatic rings. The van der Waals surface area contributed by atoms with Gasteiger partial charge in [-0.15, -0.1) is 0 Å². The van der Waals surface area contributed by atoms with Crippen LogP contribution >= 0.6 is 15.9 Å². The van der Waals surface area contributed by atoms with Gasteiger partial charge in [0.25, 0.3) is 0 Å². The quantitative estimate of drug-likeness (QED) is 0.819. The molecular weight excluding hydrogens is 326 g/mol. The van der Waals surface area contributed by atoms with E-state index in [0.717, 1.165) is 4.47 Å². The Morgan fingerprint density at radius 1 is 1.25 bits per heavy atom. The van der Waals surface area contributed by atoms with Gasteiger partial charge in [0.2, 0.25) is 0 Å². The van der Waals surface area contributed by atoms with E-state index in [-0.39, 0.29) is 0 Å². The monoisotopic (exact) mass is 343 g/mol. The maximum Gasteiger partial charge on any atom is 0.331 e. The van der Waals surface area contributed by atoms with E-state index in [1.165, 1.54) is 0 Å². The van der Waals surface area contributed by atoms with Gasteiger partial charge in [0.1, 0.15) is 5.60 Å². The number of hydrogen-bond donors (Lipinski definition) is 2. The number of carboxylic acid groups (broad SMARTS) is 1. The molecule has 0 heterocycles. The summed E-state index contributed by atoms with van der Waals surface area (Å²) in [4.78, 5) is 23.3. The van der Waals surface area contributed by atoms with Crippen molar-refractivity contribution in [1.29, 1.82) is 0 Å². The van der Waals surface area contributed by atoms with Crippen molar-refractivity contribution in [2.75, 3.05) is 0 Å². The molecule has 0 aliphatic heterocycles. The summed E-state index contributed by atoms with van der Waals surface area (Å²) in [5, 5.41) is 9.02. The molecule has 1 aromatic carbocycles. The number of benzene rings is 1. The van der Waals surface area contributed by atoms with Gasteiger partial charge in [-0.05, 0) is 38.5 Å². The van der Waals surface area contributed by atoms with Gasteiger partial charge in [0, 0.05) is 4.47 Å². The lowest BCUT2D eigenvalue weighted by molar-refractivity contribution is -0.165. The standard InChI is InChI=1S/C14H18BrNO4/c1-13(2,3)20-12(19)14(16,8-11(17)18)9-4-6-10(15)7-5-9/h4-7H,8,16H2,1-3H3,(H,17,18)/t14-/m1/s1. The molecule has 0 unspecified atom stereocenters. The number of esters is 1. The SMILES string of the molecule is CC(C)(C)OC(=O)[C@@](N)(CC(=O)O)c1ccc(Br)cc1. The Labute approximate surface area is 126 Å². The molecule has 1 rings (SSSR count). The van der Waals surface area contributed by atoms with Gasteiger partial charge >= 0.3 is 11.9 Å². The summed E-state index contributed by atoms with van der Waals surface area (Å²) >= 11 is 3.28. The average Bonchev–Trinajstić information content (AvgIpc) is 2.26. The molecular formula is C14H18BrNO4. The van der Waals surface area contributed by atoms with Gasteiger partial charge in [-0.3, -0.25) is 4.79 Å². The van der Waals surface area contributed by atoms with Gasteiger partial charge in [0.15, 0.2) is 5.54 Å². The van der Waals surface area contributed by atoms with Crippen LogP contribution in [0.5, 0.6) is 0 Å². The molecule has 0 amide bonds. The second-order valence-corrected chi connectivity index (χ2v) is 6.47. The van der Waals surface area contributed by atoms with Crippen molar-refractivity contribution in [3.63, 3.8) is 0 Å². The van der Waals surface area contributed by atoms with Crippen LogP contribution in [0.3, 0.4) is 0 Å². The van der Waals surface area contributed by atoms with Crippen LogP contribution in [-0.2, 0) is 19.9 Å². The number of halogens is 1. The second kappa shape index (κ2) is 5.93. The minimum Gasteiger partial charge on any atom is -0.481 e. The number of hydrogen-bond acceptors (Lipinski definition) is 4. The molecule has 6 heteroatoms. The van der Waals surface area contributed by atoms with Crippen molar-refractivity contribution in [3.8, 4) is 0 Å². The fourth-order valence-corrected chi connectivity index (χ4v) is 1.91. The van der Waals surface area contributed by atoms with Crippen LogP contribution in [0.1, 0.15) is 32.8 Å². The molecule has 3 N–H and O–H groups in total. The van der Waals surface area contributed by atoms with Gasteiger partial charge in [0.05, 0.1) is 6.42 Å². The highest BCUT2D eigenvalue weighted by Crippen LogP contribution is 2.27. The number of carboxylic acids is 1. The highest BCUT2D eigenvalue weighted by atomic mass is 79.9. The Morgan fingerprint density at radius 3 is 2.15 bits per heavy atom. The van der Waals surface area contributed by atoms with Gasteiger partial charge in [-0.1, -0.05) is 28.1 Å². The van der Waals surface area contributed by atoms with Gasteiger partial charge in [-0.2, -0.15) is 0 Å². The lowest BCUT2D eigenvalue weighted by atomic mass is 9.87. The van der Waals surface area contributed by atoms with Gasteiger partial charge < -0.3 is 15.6 Å². The fourth-order valence-electron chi connectivity index (χ4n) is 1.65. The number of nitrogens with two attached hydrogens (primary N) is 1. The number of carbonyl (C=O) groups is 2. The van der Waals surface area contributed by atoms with Crippen LogP contribution in [0.2, 0.25) is 0 Å². The summed E-state index contributed by atoms with van der Waals surface area (Å²) in [5.41, 5.74) is 4.00. The van der Waals surface area contributed by atoms with Crippen LogP contribution in [0, 0.1) is 0 Å². The zero-order valence-electron chi connectivity index (χ0n) is 11.6. The molecule has 0 aliphatic carbocycles. The maximum absolute atomic E-state index is 12.3. The first-order chi connectivity index (χ1) is 9.04. The zero-order chi connectivity index (χ0) is 15.6. The van der Waals surface area contributed by atoms with E-state index in [1.807, 2.05) is 0 Å². The number of carbonyl (C=O) groups excluding carboxylic acids is 1. The normalized spacial score (nSPS) is 14.4. The molecule has 1 atom stereocenters. The van der Waals surface area contributed by atoms with Crippen molar-refractivity contribution in [2.24, 2.45) is 5.73 Å². The highest BCUT2D eigenvalue weighted by molar-refractivity contribution is 9.10. The molecule has 110 valence electrons. The summed E-state index contributed by atoms with van der Waals surface area (Å²) in [5.74, 6) is -1.92. The smallest absolute Gasteiger partial charge is 0.331 e. The minimum atomic E-state index is -1.71. The molecule has 0 bridgehead atoms. The third kappa shape index (κ3) is 4.31. The number of rotatable bonds is 4. The zero-order valence-corrected chi connectivity index (χ0v) is 13.2. The van der Waals surface area contributed by atoms with E-state index >= 15 is 0 Å². The van der Waals surface area contributed by atoms with Crippen molar-refractivity contribution < 1.29 is 19.4 Å². The second-order valence-electron chi connectivity index (χ2n) is 5.55. The predicted molar refractivity (Wildman–Crippen MR) is 78.1 cm³/mol. The predicted octanol–water partition coefficient (Wildman–Crippen LogP) is 2.42. The summed E-state index contributed by atoms with van der Waals surface area (Å²) in [7, 11) is 0. The topological polar surface area (TPSA) is 89.6 Å². The molecule has 5 nitrogen and oxygen atoms in total. The average molecular weight is 344 g/mol. The number of ether oxygens (including phenoxy) is 1. The van der Waals surface area contributed by atoms with Crippen LogP contribution in [0.25, 0.3) is 0 Å². The Bertz CT molecular complexity index is 507. The first-order valence-corrected chi connectivity index (χ1v) is 6.84. The molecule has 0 aromatic heterocycles. The van der Waals surface area contributed by atoms with Crippen molar-refractivity contribution in [1.82, 2.24) is 0 Å². The van der Waals surface area contributed by atoms with E-state index in [1.54, 1.807) is 45.0 Å². The van der Waals surface area contributed by atoms with Crippen LogP contribution in [-0.4, -0.2) is 22.6 Å².